The van der Waals surface area contributed by atoms with Crippen molar-refractivity contribution in [3.63, 3.8) is 0 Å². The van der Waals surface area contributed by atoms with E-state index in [0.29, 0.717) is 53.6 Å². The zero-order valence-corrected chi connectivity index (χ0v) is 19.7. The van der Waals surface area contributed by atoms with Gasteiger partial charge in [-0.15, -0.1) is 0 Å². The van der Waals surface area contributed by atoms with Crippen molar-refractivity contribution < 1.29 is 14.3 Å². The number of carbonyl (C=O) groups excluding carboxylic acids is 1. The first-order valence-electron chi connectivity index (χ1n) is 12.0. The number of amides is 1. The summed E-state index contributed by atoms with van der Waals surface area (Å²) in [6, 6.07) is 5.62. The van der Waals surface area contributed by atoms with Crippen LogP contribution >= 0.6 is 0 Å². The maximum Gasteiger partial charge on any atom is 0.274 e. The molecular weight excluding hydrogens is 450 g/mol. The molecule has 3 aliphatic rings. The zero-order valence-electron chi connectivity index (χ0n) is 19.7. The fourth-order valence-corrected chi connectivity index (χ4v) is 5.51. The molecule has 2 unspecified atom stereocenters. The van der Waals surface area contributed by atoms with Gasteiger partial charge in [0.25, 0.3) is 11.5 Å². The largest absolute Gasteiger partial charge is 0.381 e. The number of anilines is 3. The number of fused-ring (bicyclic) bond motifs is 2. The van der Waals surface area contributed by atoms with E-state index in [0.717, 1.165) is 19.3 Å². The Bertz CT molecular complexity index is 1330. The van der Waals surface area contributed by atoms with E-state index in [-0.39, 0.29) is 29.7 Å². The lowest BCUT2D eigenvalue weighted by Gasteiger charge is -2.14. The number of nitrogens with one attached hydrogen (secondary N) is 3. The molecule has 3 fully saturated rings. The van der Waals surface area contributed by atoms with Crippen molar-refractivity contribution in [2.75, 3.05) is 38.0 Å². The van der Waals surface area contributed by atoms with Gasteiger partial charge in [-0.25, -0.2) is 4.98 Å². The van der Waals surface area contributed by atoms with E-state index >= 15 is 0 Å². The van der Waals surface area contributed by atoms with Gasteiger partial charge >= 0.3 is 0 Å². The molecule has 1 aliphatic heterocycles. The number of nitrogens with zero attached hydrogens (tertiary/aromatic N) is 4. The van der Waals surface area contributed by atoms with Gasteiger partial charge in [0, 0.05) is 50.3 Å². The molecule has 11 heteroatoms. The Labute approximate surface area is 201 Å². The first-order valence-corrected chi connectivity index (χ1v) is 12.0. The molecule has 3 N–H and O–H groups in total. The molecule has 6 rings (SSSR count). The van der Waals surface area contributed by atoms with E-state index in [1.54, 1.807) is 35.4 Å². The molecule has 35 heavy (non-hydrogen) atoms. The van der Waals surface area contributed by atoms with Gasteiger partial charge in [0.15, 0.2) is 5.65 Å². The summed E-state index contributed by atoms with van der Waals surface area (Å²) < 4.78 is 14.3. The van der Waals surface area contributed by atoms with Gasteiger partial charge in [-0.2, -0.15) is 9.61 Å². The van der Waals surface area contributed by atoms with Crippen LogP contribution in [0.5, 0.6) is 0 Å². The predicted molar refractivity (Wildman–Crippen MR) is 129 cm³/mol. The Kier molecular flexibility index (Phi) is 5.45. The Balaban J connectivity index is 1.28. The Hall–Kier alpha value is -3.44. The minimum absolute atomic E-state index is 0.0579. The van der Waals surface area contributed by atoms with Crippen LogP contribution in [0.15, 0.2) is 35.4 Å². The Morgan fingerprint density at radius 1 is 1.26 bits per heavy atom. The highest BCUT2D eigenvalue weighted by Crippen LogP contribution is 2.53. The molecule has 3 aromatic heterocycles. The van der Waals surface area contributed by atoms with Crippen LogP contribution in [-0.2, 0) is 9.47 Å². The summed E-state index contributed by atoms with van der Waals surface area (Å²) >= 11 is 0. The van der Waals surface area contributed by atoms with E-state index in [9.17, 15) is 9.59 Å². The molecule has 0 radical (unpaired) electrons. The Morgan fingerprint density at radius 3 is 2.83 bits per heavy atom. The van der Waals surface area contributed by atoms with Crippen LogP contribution in [0.1, 0.15) is 35.7 Å². The molecule has 184 valence electrons. The third-order valence-electron chi connectivity index (χ3n) is 7.49. The van der Waals surface area contributed by atoms with Crippen LogP contribution < -0.4 is 21.5 Å². The molecule has 1 saturated heterocycles. The normalized spacial score (nSPS) is 27.1. The van der Waals surface area contributed by atoms with Crippen molar-refractivity contribution in [2.24, 2.45) is 11.8 Å². The van der Waals surface area contributed by atoms with Crippen LogP contribution in [-0.4, -0.2) is 64.6 Å². The third kappa shape index (κ3) is 3.84. The zero-order chi connectivity index (χ0) is 24.1. The molecule has 2 saturated carbocycles. The second-order valence-corrected chi connectivity index (χ2v) is 9.53. The maximum absolute atomic E-state index is 13.2. The molecule has 0 spiro atoms. The van der Waals surface area contributed by atoms with Gasteiger partial charge in [0.2, 0.25) is 0 Å². The van der Waals surface area contributed by atoms with Gasteiger partial charge in [0.1, 0.15) is 22.9 Å². The third-order valence-corrected chi connectivity index (χ3v) is 7.49. The lowest BCUT2D eigenvalue weighted by atomic mass is 10.2. The fraction of sp³-hybridized carbons (Fsp3) is 0.500. The summed E-state index contributed by atoms with van der Waals surface area (Å²) in [5.74, 6) is 1.70. The summed E-state index contributed by atoms with van der Waals surface area (Å²) in [4.78, 5) is 30.9. The van der Waals surface area contributed by atoms with Crippen molar-refractivity contribution >= 4 is 28.9 Å². The van der Waals surface area contributed by atoms with Gasteiger partial charge < -0.3 is 30.0 Å². The molecule has 0 bridgehead atoms. The number of carbonyl (C=O) groups is 1. The molecule has 4 heterocycles. The second-order valence-electron chi connectivity index (χ2n) is 9.53. The van der Waals surface area contributed by atoms with Crippen molar-refractivity contribution in [1.82, 2.24) is 24.5 Å². The van der Waals surface area contributed by atoms with E-state index in [1.165, 1.54) is 6.20 Å². The lowest BCUT2D eigenvalue weighted by molar-refractivity contribution is 0.0916. The number of hydrogen-bond acceptors (Lipinski definition) is 8. The number of pyridine rings is 1. The average molecular weight is 480 g/mol. The molecular formula is C24H29N7O4. The Morgan fingerprint density at radius 2 is 2.09 bits per heavy atom. The highest BCUT2D eigenvalue weighted by Gasteiger charge is 2.55. The fourth-order valence-electron chi connectivity index (χ4n) is 5.51. The van der Waals surface area contributed by atoms with Crippen molar-refractivity contribution in [2.45, 2.75) is 37.5 Å². The van der Waals surface area contributed by atoms with Crippen LogP contribution in [0.25, 0.3) is 5.65 Å². The smallest absolute Gasteiger partial charge is 0.274 e. The van der Waals surface area contributed by atoms with Gasteiger partial charge in [-0.3, -0.25) is 9.59 Å². The minimum atomic E-state index is -0.224. The summed E-state index contributed by atoms with van der Waals surface area (Å²) in [6.07, 6.45) is 6.12. The average Bonchev–Trinajstić information content (AvgIpc) is 3.31. The summed E-state index contributed by atoms with van der Waals surface area (Å²) in [5.41, 5.74) is 1.12. The minimum Gasteiger partial charge on any atom is -0.381 e. The van der Waals surface area contributed by atoms with Gasteiger partial charge in [-0.1, -0.05) is 0 Å². The number of ether oxygens (including phenoxy) is 2. The van der Waals surface area contributed by atoms with Crippen molar-refractivity contribution in [3.8, 4) is 0 Å². The summed E-state index contributed by atoms with van der Waals surface area (Å²) in [6.45, 7) is 1.42. The number of rotatable bonds is 7. The monoisotopic (exact) mass is 479 g/mol. The SMILES string of the molecule is CNc1cc(Nc2cccn(C3[C@H]4COC[C@@H]34)c2=O)nc2c(C(=O)NC3CC[C@H](OC)C3)cnn12. The van der Waals surface area contributed by atoms with Gasteiger partial charge in [0.05, 0.1) is 25.5 Å². The van der Waals surface area contributed by atoms with Crippen LogP contribution in [0.3, 0.4) is 0 Å². The highest BCUT2D eigenvalue weighted by atomic mass is 16.5. The topological polar surface area (TPSA) is 124 Å². The van der Waals surface area contributed by atoms with Gasteiger partial charge in [-0.05, 0) is 31.4 Å². The highest BCUT2D eigenvalue weighted by molar-refractivity contribution is 6.00. The van der Waals surface area contributed by atoms with Crippen LogP contribution in [0.4, 0.5) is 17.3 Å². The number of hydrogen-bond donors (Lipinski definition) is 3. The van der Waals surface area contributed by atoms with Crippen molar-refractivity contribution in [1.29, 1.82) is 0 Å². The number of methoxy groups -OCH3 is 1. The summed E-state index contributed by atoms with van der Waals surface area (Å²) in [5, 5.41) is 13.7. The standard InChI is InChI=1S/C24H29N7O4/c1-25-20-9-19(28-18-4-3-7-30(24(18)33)21-16-11-35-12-17(16)21)29-22-15(10-26-31(20)22)23(32)27-13-5-6-14(8-13)34-2/h3-4,7,9-10,13-14,16-17,21,25H,5-6,8,11-12H2,1-2H3,(H,27,32)(H,28,29)/t13?,14-,16-,17+,21?/m0/s1. The lowest BCUT2D eigenvalue weighted by Crippen LogP contribution is -2.33. The molecule has 1 amide bonds. The van der Waals surface area contributed by atoms with Crippen LogP contribution in [0, 0.1) is 11.8 Å². The number of aromatic nitrogens is 4. The van der Waals surface area contributed by atoms with E-state index in [1.807, 2.05) is 12.3 Å². The predicted octanol–water partition coefficient (Wildman–Crippen LogP) is 1.79. The maximum atomic E-state index is 13.2. The molecule has 5 atom stereocenters. The first-order chi connectivity index (χ1) is 17.1. The molecule has 0 aromatic carbocycles. The quantitative estimate of drug-likeness (QED) is 0.469. The van der Waals surface area contributed by atoms with E-state index in [4.69, 9.17) is 9.47 Å². The van der Waals surface area contributed by atoms with E-state index < -0.39 is 0 Å². The van der Waals surface area contributed by atoms with E-state index in [2.05, 4.69) is 26.0 Å². The molecule has 2 aliphatic carbocycles. The first kappa shape index (κ1) is 22.1. The van der Waals surface area contributed by atoms with Crippen LogP contribution in [0.2, 0.25) is 0 Å². The van der Waals surface area contributed by atoms with Crippen molar-refractivity contribution in [3.05, 3.63) is 46.5 Å². The molecule has 11 nitrogen and oxygen atoms in total. The molecule has 3 aromatic rings. The second kappa shape index (κ2) is 8.65. The summed E-state index contributed by atoms with van der Waals surface area (Å²) in [7, 11) is 3.47.